The molecule has 0 aliphatic rings. The number of hydrogen-bond acceptors (Lipinski definition) is 6. The molecule has 0 aliphatic carbocycles. The highest BCUT2D eigenvalue weighted by molar-refractivity contribution is 6.00. The second-order valence-corrected chi connectivity index (χ2v) is 6.90. The molecule has 0 bridgehead atoms. The molecular weight excluding hydrogens is 398 g/mol. The zero-order valence-corrected chi connectivity index (χ0v) is 18.4. The molecule has 0 heterocycles. The molecule has 2 N–H and O–H groups in total. The normalized spacial score (nSPS) is 10.9. The summed E-state index contributed by atoms with van der Waals surface area (Å²) in [6.07, 6.45) is 0.736. The molecule has 2 rings (SSSR count). The van der Waals surface area contributed by atoms with Crippen LogP contribution in [0.15, 0.2) is 47.6 Å². The summed E-state index contributed by atoms with van der Waals surface area (Å²) in [5, 5.41) is 6.79. The first-order valence-electron chi connectivity index (χ1n) is 9.91. The monoisotopic (exact) mass is 427 g/mol. The van der Waals surface area contributed by atoms with Crippen LogP contribution in [0.25, 0.3) is 0 Å². The third-order valence-corrected chi connectivity index (χ3v) is 4.42. The van der Waals surface area contributed by atoms with E-state index in [2.05, 4.69) is 15.8 Å². The number of ether oxygens (including phenoxy) is 3. The van der Waals surface area contributed by atoms with E-state index in [-0.39, 0.29) is 18.9 Å². The minimum Gasteiger partial charge on any atom is -0.493 e. The topological polar surface area (TPSA) is 98.2 Å². The fraction of sp³-hybridized carbons (Fsp3) is 0.348. The van der Waals surface area contributed by atoms with Gasteiger partial charge in [-0.05, 0) is 49.6 Å². The first-order valence-corrected chi connectivity index (χ1v) is 9.91. The summed E-state index contributed by atoms with van der Waals surface area (Å²) in [7, 11) is 3.17. The Balaban J connectivity index is 1.70. The largest absolute Gasteiger partial charge is 0.493 e. The molecule has 0 unspecified atom stereocenters. The number of para-hydroxylation sites is 1. The number of carbonyl (C=O) groups is 2. The van der Waals surface area contributed by atoms with E-state index >= 15 is 0 Å². The molecule has 0 aliphatic heterocycles. The van der Waals surface area contributed by atoms with Crippen LogP contribution >= 0.6 is 0 Å². The van der Waals surface area contributed by atoms with Crippen LogP contribution in [0, 0.1) is 6.92 Å². The van der Waals surface area contributed by atoms with E-state index in [4.69, 9.17) is 14.2 Å². The van der Waals surface area contributed by atoms with E-state index in [1.165, 1.54) is 0 Å². The van der Waals surface area contributed by atoms with Crippen LogP contribution in [0.3, 0.4) is 0 Å². The Morgan fingerprint density at radius 2 is 1.71 bits per heavy atom. The van der Waals surface area contributed by atoms with Gasteiger partial charge in [-0.25, -0.2) is 5.43 Å². The van der Waals surface area contributed by atoms with Gasteiger partial charge in [-0.3, -0.25) is 9.59 Å². The van der Waals surface area contributed by atoms with Gasteiger partial charge >= 0.3 is 0 Å². The van der Waals surface area contributed by atoms with Gasteiger partial charge in [0, 0.05) is 12.3 Å². The molecular formula is C23H29N3O5. The number of rotatable bonds is 11. The van der Waals surface area contributed by atoms with Crippen LogP contribution in [0.2, 0.25) is 0 Å². The Kier molecular flexibility index (Phi) is 9.35. The molecule has 0 saturated heterocycles. The Labute approximate surface area is 182 Å². The summed E-state index contributed by atoms with van der Waals surface area (Å²) < 4.78 is 16.0. The molecule has 2 aromatic carbocycles. The highest BCUT2D eigenvalue weighted by Gasteiger charge is 2.08. The molecule has 2 aromatic rings. The lowest BCUT2D eigenvalue weighted by molar-refractivity contribution is -0.123. The van der Waals surface area contributed by atoms with Crippen molar-refractivity contribution in [3.05, 3.63) is 53.6 Å². The first-order chi connectivity index (χ1) is 14.9. The standard InChI is InChI=1S/C23H29N3O5/c1-16-7-5-6-8-19(16)31-15-23(28)26-25-17(2)13-22(27)24-12-11-18-9-10-20(29-3)21(14-18)30-4/h5-10,14H,11-13,15H2,1-4H3,(H,24,27)(H,26,28). The van der Waals surface area contributed by atoms with Gasteiger partial charge < -0.3 is 19.5 Å². The lowest BCUT2D eigenvalue weighted by Crippen LogP contribution is -2.29. The van der Waals surface area contributed by atoms with Crippen LogP contribution in [-0.4, -0.2) is 44.9 Å². The van der Waals surface area contributed by atoms with Crippen LogP contribution in [0.4, 0.5) is 0 Å². The van der Waals surface area contributed by atoms with E-state index in [0.29, 0.717) is 35.9 Å². The minimum absolute atomic E-state index is 0.0882. The van der Waals surface area contributed by atoms with Crippen molar-refractivity contribution < 1.29 is 23.8 Å². The predicted octanol–water partition coefficient (Wildman–Crippen LogP) is 2.63. The second kappa shape index (κ2) is 12.2. The smallest absolute Gasteiger partial charge is 0.277 e. The number of nitrogens with zero attached hydrogens (tertiary/aromatic N) is 1. The van der Waals surface area contributed by atoms with E-state index in [9.17, 15) is 9.59 Å². The van der Waals surface area contributed by atoms with Gasteiger partial charge in [0.25, 0.3) is 5.91 Å². The number of amides is 2. The lowest BCUT2D eigenvalue weighted by Gasteiger charge is -2.10. The fourth-order valence-corrected chi connectivity index (χ4v) is 2.77. The maximum atomic E-state index is 12.1. The van der Waals surface area contributed by atoms with Crippen LogP contribution in [-0.2, 0) is 16.0 Å². The summed E-state index contributed by atoms with van der Waals surface area (Å²) in [6, 6.07) is 13.1. The summed E-state index contributed by atoms with van der Waals surface area (Å²) in [4.78, 5) is 24.0. The van der Waals surface area contributed by atoms with Gasteiger partial charge in [0.15, 0.2) is 18.1 Å². The van der Waals surface area contributed by atoms with E-state index in [0.717, 1.165) is 11.1 Å². The highest BCUT2D eigenvalue weighted by Crippen LogP contribution is 2.27. The van der Waals surface area contributed by atoms with Crippen molar-refractivity contribution in [1.29, 1.82) is 0 Å². The van der Waals surface area contributed by atoms with Gasteiger partial charge in [0.05, 0.1) is 20.6 Å². The third-order valence-electron chi connectivity index (χ3n) is 4.42. The molecule has 0 aromatic heterocycles. The molecule has 8 heteroatoms. The van der Waals surface area contributed by atoms with E-state index in [1.807, 2.05) is 43.3 Å². The number of methoxy groups -OCH3 is 2. The van der Waals surface area contributed by atoms with Crippen molar-refractivity contribution in [1.82, 2.24) is 10.7 Å². The lowest BCUT2D eigenvalue weighted by atomic mass is 10.1. The fourth-order valence-electron chi connectivity index (χ4n) is 2.77. The summed E-state index contributed by atoms with van der Waals surface area (Å²) in [6.45, 7) is 3.90. The van der Waals surface area contributed by atoms with Crippen LogP contribution < -0.4 is 25.0 Å². The third kappa shape index (κ3) is 8.00. The highest BCUT2D eigenvalue weighted by atomic mass is 16.5. The van der Waals surface area contributed by atoms with Gasteiger partial charge in [-0.15, -0.1) is 0 Å². The molecule has 0 fully saturated rings. The number of hydrazone groups is 1. The average Bonchev–Trinajstić information content (AvgIpc) is 2.77. The molecule has 0 radical (unpaired) electrons. The zero-order valence-electron chi connectivity index (χ0n) is 18.4. The summed E-state index contributed by atoms with van der Waals surface area (Å²) >= 11 is 0. The first kappa shape index (κ1) is 23.7. The number of carbonyl (C=O) groups excluding carboxylic acids is 2. The van der Waals surface area contributed by atoms with E-state index < -0.39 is 5.91 Å². The van der Waals surface area contributed by atoms with Gasteiger partial charge in [0.2, 0.25) is 5.91 Å². The van der Waals surface area contributed by atoms with Crippen LogP contribution in [0.5, 0.6) is 17.2 Å². The Bertz CT molecular complexity index is 927. The van der Waals surface area contributed by atoms with E-state index in [1.54, 1.807) is 27.2 Å². The Hall–Kier alpha value is -3.55. The zero-order chi connectivity index (χ0) is 22.6. The Morgan fingerprint density at radius 3 is 2.42 bits per heavy atom. The van der Waals surface area contributed by atoms with Crippen molar-refractivity contribution in [3.63, 3.8) is 0 Å². The molecule has 0 atom stereocenters. The molecule has 31 heavy (non-hydrogen) atoms. The van der Waals surface area contributed by atoms with Gasteiger partial charge in [0.1, 0.15) is 5.75 Å². The summed E-state index contributed by atoms with van der Waals surface area (Å²) in [5.41, 5.74) is 4.86. The molecule has 8 nitrogen and oxygen atoms in total. The maximum absolute atomic E-state index is 12.1. The Morgan fingerprint density at radius 1 is 0.968 bits per heavy atom. The van der Waals surface area contributed by atoms with Gasteiger partial charge in [-0.2, -0.15) is 5.10 Å². The number of hydrogen-bond donors (Lipinski definition) is 2. The van der Waals surface area contributed by atoms with Crippen molar-refractivity contribution in [3.8, 4) is 17.2 Å². The average molecular weight is 428 g/mol. The van der Waals surface area contributed by atoms with Crippen molar-refractivity contribution in [2.24, 2.45) is 5.10 Å². The van der Waals surface area contributed by atoms with Gasteiger partial charge in [-0.1, -0.05) is 24.3 Å². The second-order valence-electron chi connectivity index (χ2n) is 6.90. The summed E-state index contributed by atoms with van der Waals surface area (Å²) in [5.74, 6) is 1.39. The number of aryl methyl sites for hydroxylation is 1. The SMILES string of the molecule is COc1ccc(CCNC(=O)CC(C)=NNC(=O)COc2ccccc2C)cc1OC. The minimum atomic E-state index is -0.392. The van der Waals surface area contributed by atoms with Crippen molar-refractivity contribution >= 4 is 17.5 Å². The molecule has 0 spiro atoms. The molecule has 2 amide bonds. The molecule has 166 valence electrons. The van der Waals surface area contributed by atoms with Crippen LogP contribution in [0.1, 0.15) is 24.5 Å². The number of nitrogens with one attached hydrogen (secondary N) is 2. The maximum Gasteiger partial charge on any atom is 0.277 e. The quantitative estimate of drug-likeness (QED) is 0.424. The predicted molar refractivity (Wildman–Crippen MR) is 119 cm³/mol. The molecule has 0 saturated carbocycles. The van der Waals surface area contributed by atoms with Crippen molar-refractivity contribution in [2.45, 2.75) is 26.7 Å². The van der Waals surface area contributed by atoms with Crippen molar-refractivity contribution in [2.75, 3.05) is 27.4 Å². The number of benzene rings is 2.